The Morgan fingerprint density at radius 2 is 2.00 bits per heavy atom. The smallest absolute Gasteiger partial charge is 0.354 e. The van der Waals surface area contributed by atoms with Gasteiger partial charge in [-0.05, 0) is 18.2 Å². The monoisotopic (exact) mass is 266 g/mol. The Balaban J connectivity index is 2.41. The topological polar surface area (TPSA) is 57.2 Å². The van der Waals surface area contributed by atoms with Crippen LogP contribution < -0.4 is 5.73 Å². The number of halogens is 2. The molecular weight excluding hydrogens is 254 g/mol. The average molecular weight is 266 g/mol. The summed E-state index contributed by atoms with van der Waals surface area (Å²) in [6.45, 7) is -0.139. The molecule has 0 amide bonds. The van der Waals surface area contributed by atoms with Crippen molar-refractivity contribution in [2.75, 3.05) is 12.8 Å². The zero-order valence-corrected chi connectivity index (χ0v) is 10.2. The molecule has 1 heterocycles. The van der Waals surface area contributed by atoms with Gasteiger partial charge in [-0.2, -0.15) is 0 Å². The molecule has 0 fully saturated rings. The van der Waals surface area contributed by atoms with E-state index < -0.39 is 17.6 Å². The Morgan fingerprint density at radius 3 is 2.58 bits per heavy atom. The molecule has 6 heteroatoms. The molecule has 2 aromatic rings. The molecule has 0 atom stereocenters. The number of carbonyl (C=O) groups excluding carboxylic acids is 1. The molecule has 0 aliphatic heterocycles. The molecule has 0 radical (unpaired) electrons. The fraction of sp³-hybridized carbons (Fsp3) is 0.154. The summed E-state index contributed by atoms with van der Waals surface area (Å²) in [6, 6.07) is 4.98. The van der Waals surface area contributed by atoms with Crippen LogP contribution in [0.4, 0.5) is 14.5 Å². The van der Waals surface area contributed by atoms with Gasteiger partial charge in [0.1, 0.15) is 17.3 Å². The molecular formula is C13H12F2N2O2. The van der Waals surface area contributed by atoms with E-state index in [0.717, 1.165) is 12.1 Å². The SMILES string of the molecule is COC(=O)c1cc(N)cn1Cc1c(F)cccc1F. The first-order chi connectivity index (χ1) is 9.02. The summed E-state index contributed by atoms with van der Waals surface area (Å²) in [5.41, 5.74) is 5.91. The lowest BCUT2D eigenvalue weighted by atomic mass is 10.2. The van der Waals surface area contributed by atoms with Crippen LogP contribution in [0.25, 0.3) is 0 Å². The molecule has 100 valence electrons. The lowest BCUT2D eigenvalue weighted by Crippen LogP contribution is -2.12. The van der Waals surface area contributed by atoms with E-state index in [1.54, 1.807) is 0 Å². The van der Waals surface area contributed by atoms with Crippen molar-refractivity contribution in [3.8, 4) is 0 Å². The number of aromatic nitrogens is 1. The Bertz CT molecular complexity index is 603. The number of nitrogens with two attached hydrogens (primary N) is 1. The summed E-state index contributed by atoms with van der Waals surface area (Å²) < 4.78 is 33.0. The number of benzene rings is 1. The van der Waals surface area contributed by atoms with Crippen molar-refractivity contribution in [1.29, 1.82) is 0 Å². The highest BCUT2D eigenvalue weighted by Crippen LogP contribution is 2.18. The molecule has 2 rings (SSSR count). The molecule has 4 nitrogen and oxygen atoms in total. The van der Waals surface area contributed by atoms with Gasteiger partial charge >= 0.3 is 5.97 Å². The molecule has 0 aliphatic rings. The van der Waals surface area contributed by atoms with E-state index in [9.17, 15) is 13.6 Å². The predicted molar refractivity (Wildman–Crippen MR) is 65.6 cm³/mol. The number of carbonyl (C=O) groups is 1. The van der Waals surface area contributed by atoms with E-state index in [0.29, 0.717) is 5.69 Å². The number of methoxy groups -OCH3 is 1. The van der Waals surface area contributed by atoms with Crippen molar-refractivity contribution >= 4 is 11.7 Å². The molecule has 0 aliphatic carbocycles. The van der Waals surface area contributed by atoms with E-state index >= 15 is 0 Å². The Labute approximate surface area is 108 Å². The number of ether oxygens (including phenoxy) is 1. The van der Waals surface area contributed by atoms with Crippen LogP contribution in [-0.4, -0.2) is 17.6 Å². The number of anilines is 1. The van der Waals surface area contributed by atoms with Crippen LogP contribution in [0.1, 0.15) is 16.1 Å². The number of hydrogen-bond donors (Lipinski definition) is 1. The van der Waals surface area contributed by atoms with Crippen molar-refractivity contribution in [2.24, 2.45) is 0 Å². The van der Waals surface area contributed by atoms with Gasteiger partial charge in [0.2, 0.25) is 0 Å². The second-order valence-corrected chi connectivity index (χ2v) is 3.98. The molecule has 0 unspecified atom stereocenters. The molecule has 0 saturated carbocycles. The van der Waals surface area contributed by atoms with Crippen molar-refractivity contribution in [3.05, 3.63) is 53.4 Å². The van der Waals surface area contributed by atoms with Crippen LogP contribution >= 0.6 is 0 Å². The number of hydrogen-bond acceptors (Lipinski definition) is 3. The van der Waals surface area contributed by atoms with Crippen LogP contribution in [-0.2, 0) is 11.3 Å². The highest BCUT2D eigenvalue weighted by molar-refractivity contribution is 5.89. The molecule has 19 heavy (non-hydrogen) atoms. The summed E-state index contributed by atoms with van der Waals surface area (Å²) in [6.07, 6.45) is 1.43. The number of esters is 1. The maximum atomic E-state index is 13.6. The first kappa shape index (κ1) is 13.1. The maximum absolute atomic E-state index is 13.6. The Hall–Kier alpha value is -2.37. The van der Waals surface area contributed by atoms with E-state index in [1.807, 2.05) is 0 Å². The predicted octanol–water partition coefficient (Wildman–Crippen LogP) is 2.18. The van der Waals surface area contributed by atoms with Crippen molar-refractivity contribution < 1.29 is 18.3 Å². The van der Waals surface area contributed by atoms with Gasteiger partial charge in [0, 0.05) is 11.8 Å². The summed E-state index contributed by atoms with van der Waals surface area (Å²) in [5, 5.41) is 0. The van der Waals surface area contributed by atoms with E-state index in [1.165, 1.54) is 30.0 Å². The summed E-state index contributed by atoms with van der Waals surface area (Å²) in [7, 11) is 1.22. The first-order valence-electron chi connectivity index (χ1n) is 5.49. The minimum absolute atomic E-state index is 0.136. The molecule has 2 N–H and O–H groups in total. The first-order valence-corrected chi connectivity index (χ1v) is 5.49. The maximum Gasteiger partial charge on any atom is 0.354 e. The molecule has 0 bridgehead atoms. The zero-order valence-electron chi connectivity index (χ0n) is 10.2. The van der Waals surface area contributed by atoms with Gasteiger partial charge in [-0.15, -0.1) is 0 Å². The number of rotatable bonds is 3. The number of nitrogen functional groups attached to an aromatic ring is 1. The second kappa shape index (κ2) is 5.09. The standard InChI is InChI=1S/C13H12F2N2O2/c1-19-13(18)12-5-8(16)6-17(12)7-9-10(14)3-2-4-11(9)15/h2-6H,7,16H2,1H3. The van der Waals surface area contributed by atoms with Gasteiger partial charge in [0.15, 0.2) is 0 Å². The van der Waals surface area contributed by atoms with Gasteiger partial charge in [0.25, 0.3) is 0 Å². The summed E-state index contributed by atoms with van der Waals surface area (Å²) in [4.78, 5) is 11.5. The zero-order chi connectivity index (χ0) is 14.0. The highest BCUT2D eigenvalue weighted by Gasteiger charge is 2.16. The van der Waals surface area contributed by atoms with Crippen LogP contribution in [0.5, 0.6) is 0 Å². The fourth-order valence-corrected chi connectivity index (χ4v) is 1.79. The number of nitrogens with zero attached hydrogens (tertiary/aromatic N) is 1. The van der Waals surface area contributed by atoms with Crippen molar-refractivity contribution in [2.45, 2.75) is 6.54 Å². The van der Waals surface area contributed by atoms with Crippen LogP contribution in [0.2, 0.25) is 0 Å². The quantitative estimate of drug-likeness (QED) is 0.866. The van der Waals surface area contributed by atoms with E-state index in [-0.39, 0.29) is 17.8 Å². The molecule has 0 spiro atoms. The van der Waals surface area contributed by atoms with E-state index in [4.69, 9.17) is 5.73 Å². The van der Waals surface area contributed by atoms with Crippen molar-refractivity contribution in [3.63, 3.8) is 0 Å². The largest absolute Gasteiger partial charge is 0.464 e. The normalized spacial score (nSPS) is 10.5. The van der Waals surface area contributed by atoms with Gasteiger partial charge in [-0.1, -0.05) is 6.07 Å². The average Bonchev–Trinajstić information content (AvgIpc) is 2.74. The minimum atomic E-state index is -0.678. The Kier molecular flexibility index (Phi) is 3.50. The van der Waals surface area contributed by atoms with Crippen LogP contribution in [0, 0.1) is 11.6 Å². The van der Waals surface area contributed by atoms with Gasteiger partial charge in [-0.3, -0.25) is 0 Å². The second-order valence-electron chi connectivity index (χ2n) is 3.98. The van der Waals surface area contributed by atoms with Gasteiger partial charge < -0.3 is 15.0 Å². The minimum Gasteiger partial charge on any atom is -0.464 e. The van der Waals surface area contributed by atoms with Crippen LogP contribution in [0.3, 0.4) is 0 Å². The summed E-state index contributed by atoms with van der Waals surface area (Å²) >= 11 is 0. The third-order valence-corrected chi connectivity index (χ3v) is 2.70. The third-order valence-electron chi connectivity index (χ3n) is 2.70. The molecule has 1 aromatic heterocycles. The lowest BCUT2D eigenvalue weighted by molar-refractivity contribution is 0.0589. The fourth-order valence-electron chi connectivity index (χ4n) is 1.79. The van der Waals surface area contributed by atoms with Gasteiger partial charge in [-0.25, -0.2) is 13.6 Å². The third kappa shape index (κ3) is 2.57. The molecule has 1 aromatic carbocycles. The molecule has 0 saturated heterocycles. The lowest BCUT2D eigenvalue weighted by Gasteiger charge is -2.09. The Morgan fingerprint density at radius 1 is 1.37 bits per heavy atom. The van der Waals surface area contributed by atoms with Crippen LogP contribution in [0.15, 0.2) is 30.5 Å². The highest BCUT2D eigenvalue weighted by atomic mass is 19.1. The van der Waals surface area contributed by atoms with Crippen molar-refractivity contribution in [1.82, 2.24) is 4.57 Å². The van der Waals surface area contributed by atoms with Gasteiger partial charge in [0.05, 0.1) is 19.3 Å². The van der Waals surface area contributed by atoms with E-state index in [2.05, 4.69) is 4.74 Å². The summed E-state index contributed by atoms with van der Waals surface area (Å²) in [5.74, 6) is -1.97.